The van der Waals surface area contributed by atoms with Crippen molar-refractivity contribution in [1.29, 1.82) is 0 Å². The van der Waals surface area contributed by atoms with Gasteiger partial charge in [0.05, 0.1) is 5.56 Å². The summed E-state index contributed by atoms with van der Waals surface area (Å²) in [6, 6.07) is 5.06. The van der Waals surface area contributed by atoms with Crippen LogP contribution in [-0.4, -0.2) is 17.6 Å². The van der Waals surface area contributed by atoms with E-state index in [1.54, 1.807) is 18.2 Å². The molecule has 0 unspecified atom stereocenters. The first-order valence-electron chi connectivity index (χ1n) is 5.35. The average Bonchev–Trinajstić information content (AvgIpc) is 2.28. The highest BCUT2D eigenvalue weighted by Gasteiger charge is 2.09. The Bertz CT molecular complexity index is 438. The summed E-state index contributed by atoms with van der Waals surface area (Å²) in [6.45, 7) is 0.721. The van der Waals surface area contributed by atoms with Gasteiger partial charge in [-0.3, -0.25) is 0 Å². The van der Waals surface area contributed by atoms with Gasteiger partial charge in [0.1, 0.15) is 0 Å². The Hall–Kier alpha value is -1.47. The normalized spacial score (nSPS) is 9.65. The average molecular weight is 296 g/mol. The molecule has 0 aliphatic rings. The van der Waals surface area contributed by atoms with Crippen LogP contribution in [0.5, 0.6) is 0 Å². The van der Waals surface area contributed by atoms with Crippen LogP contribution in [0, 0.1) is 12.3 Å². The lowest BCUT2D eigenvalue weighted by Gasteiger charge is -2.09. The van der Waals surface area contributed by atoms with Gasteiger partial charge < -0.3 is 10.4 Å². The van der Waals surface area contributed by atoms with E-state index in [4.69, 9.17) is 11.5 Å². The molecule has 3 nitrogen and oxygen atoms in total. The monoisotopic (exact) mass is 295 g/mol. The quantitative estimate of drug-likeness (QED) is 0.625. The Morgan fingerprint density at radius 1 is 1.47 bits per heavy atom. The highest BCUT2D eigenvalue weighted by atomic mass is 79.9. The number of terminal acetylenes is 1. The van der Waals surface area contributed by atoms with Crippen LogP contribution in [0.2, 0.25) is 0 Å². The Labute approximate surface area is 109 Å². The number of anilines is 1. The van der Waals surface area contributed by atoms with E-state index in [0.717, 1.165) is 30.3 Å². The van der Waals surface area contributed by atoms with Gasteiger partial charge >= 0.3 is 5.97 Å². The van der Waals surface area contributed by atoms with Crippen LogP contribution in [0.1, 0.15) is 29.6 Å². The molecule has 2 N–H and O–H groups in total. The maximum Gasteiger partial charge on any atom is 0.337 e. The molecule has 4 heteroatoms. The lowest BCUT2D eigenvalue weighted by atomic mass is 10.1. The van der Waals surface area contributed by atoms with E-state index in [2.05, 4.69) is 27.2 Å². The van der Waals surface area contributed by atoms with Crippen LogP contribution < -0.4 is 5.32 Å². The summed E-state index contributed by atoms with van der Waals surface area (Å²) in [5, 5.41) is 12.1. The van der Waals surface area contributed by atoms with E-state index >= 15 is 0 Å². The Kier molecular flexibility index (Phi) is 5.58. The van der Waals surface area contributed by atoms with E-state index in [1.807, 2.05) is 0 Å². The fraction of sp³-hybridized carbons (Fsp3) is 0.308. The molecule has 17 heavy (non-hydrogen) atoms. The van der Waals surface area contributed by atoms with Crippen LogP contribution in [0.3, 0.4) is 0 Å². The van der Waals surface area contributed by atoms with Crippen molar-refractivity contribution in [3.05, 3.63) is 28.2 Å². The predicted octanol–water partition coefficient (Wildman–Crippen LogP) is 3.36. The fourth-order valence-corrected chi connectivity index (χ4v) is 1.79. The van der Waals surface area contributed by atoms with Gasteiger partial charge in [-0.2, -0.15) is 0 Å². The number of carboxylic acids is 1. The van der Waals surface area contributed by atoms with E-state index < -0.39 is 5.97 Å². The third-order valence-corrected chi connectivity index (χ3v) is 2.77. The minimum absolute atomic E-state index is 0.283. The summed E-state index contributed by atoms with van der Waals surface area (Å²) in [5.41, 5.74) is 0.915. The number of halogens is 1. The number of aromatic carboxylic acids is 1. The second kappa shape index (κ2) is 6.97. The molecule has 1 rings (SSSR count). The van der Waals surface area contributed by atoms with Gasteiger partial charge in [-0.05, 0) is 31.0 Å². The maximum absolute atomic E-state index is 11.0. The third-order valence-electron chi connectivity index (χ3n) is 2.28. The summed E-state index contributed by atoms with van der Waals surface area (Å²) >= 11 is 3.32. The summed E-state index contributed by atoms with van der Waals surface area (Å²) in [4.78, 5) is 11.0. The lowest BCUT2D eigenvalue weighted by Crippen LogP contribution is -2.07. The number of nitrogens with one attached hydrogen (secondary N) is 1. The van der Waals surface area contributed by atoms with Crippen molar-refractivity contribution in [3.8, 4) is 12.3 Å². The smallest absolute Gasteiger partial charge is 0.337 e. The number of benzene rings is 1. The molecule has 0 radical (unpaired) electrons. The summed E-state index contributed by atoms with van der Waals surface area (Å²) in [5.74, 6) is 1.65. The number of unbranched alkanes of at least 4 members (excludes halogenated alkanes) is 2. The molecule has 0 aliphatic heterocycles. The van der Waals surface area contributed by atoms with Crippen LogP contribution >= 0.6 is 15.9 Å². The van der Waals surface area contributed by atoms with Gasteiger partial charge in [-0.1, -0.05) is 15.9 Å². The SMILES string of the molecule is C#CCCCCNc1cc(Br)ccc1C(=O)O. The van der Waals surface area contributed by atoms with Crippen LogP contribution in [-0.2, 0) is 0 Å². The summed E-state index contributed by atoms with van der Waals surface area (Å²) < 4.78 is 0.855. The first-order valence-corrected chi connectivity index (χ1v) is 6.14. The van der Waals surface area contributed by atoms with Gasteiger partial charge in [-0.25, -0.2) is 4.79 Å². The first-order chi connectivity index (χ1) is 8.15. The van der Waals surface area contributed by atoms with Gasteiger partial charge in [0.25, 0.3) is 0 Å². The van der Waals surface area contributed by atoms with Crippen molar-refractivity contribution in [2.75, 3.05) is 11.9 Å². The number of hydrogen-bond acceptors (Lipinski definition) is 2. The maximum atomic E-state index is 11.0. The molecule has 0 spiro atoms. The van der Waals surface area contributed by atoms with Crippen LogP contribution in [0.25, 0.3) is 0 Å². The Balaban J connectivity index is 2.60. The summed E-state index contributed by atoms with van der Waals surface area (Å²) in [6.07, 6.45) is 7.78. The second-order valence-corrected chi connectivity index (χ2v) is 4.50. The van der Waals surface area contributed by atoms with E-state index in [0.29, 0.717) is 5.69 Å². The fourth-order valence-electron chi connectivity index (χ4n) is 1.42. The highest BCUT2D eigenvalue weighted by Crippen LogP contribution is 2.21. The van der Waals surface area contributed by atoms with Crippen molar-refractivity contribution in [3.63, 3.8) is 0 Å². The molecule has 0 saturated heterocycles. The van der Waals surface area contributed by atoms with Crippen molar-refractivity contribution < 1.29 is 9.90 Å². The molecule has 0 aromatic heterocycles. The number of hydrogen-bond donors (Lipinski definition) is 2. The van der Waals surface area contributed by atoms with Gasteiger partial charge in [-0.15, -0.1) is 12.3 Å². The zero-order valence-corrected chi connectivity index (χ0v) is 11.0. The molecule has 0 aliphatic carbocycles. The van der Waals surface area contributed by atoms with E-state index in [9.17, 15) is 4.79 Å². The standard InChI is InChI=1S/C13H14BrNO2/c1-2-3-4-5-8-15-12-9-10(14)6-7-11(12)13(16)17/h1,6-7,9,15H,3-5,8H2,(H,16,17). The molecule has 0 fully saturated rings. The van der Waals surface area contributed by atoms with E-state index in [1.165, 1.54) is 0 Å². The molecule has 0 heterocycles. The number of carbonyl (C=O) groups is 1. The zero-order valence-electron chi connectivity index (χ0n) is 9.37. The molecule has 0 atom stereocenters. The Morgan fingerprint density at radius 2 is 2.24 bits per heavy atom. The van der Waals surface area contributed by atoms with Crippen molar-refractivity contribution in [2.24, 2.45) is 0 Å². The number of carboxylic acid groups (broad SMARTS) is 1. The molecule has 0 saturated carbocycles. The van der Waals surface area contributed by atoms with Crippen molar-refractivity contribution in [1.82, 2.24) is 0 Å². The lowest BCUT2D eigenvalue weighted by molar-refractivity contribution is 0.0698. The largest absolute Gasteiger partial charge is 0.478 e. The third kappa shape index (κ3) is 4.49. The molecule has 90 valence electrons. The molecule has 0 amide bonds. The van der Waals surface area contributed by atoms with Crippen LogP contribution in [0.4, 0.5) is 5.69 Å². The predicted molar refractivity (Wildman–Crippen MR) is 72.3 cm³/mol. The van der Waals surface area contributed by atoms with E-state index in [-0.39, 0.29) is 5.56 Å². The Morgan fingerprint density at radius 3 is 2.88 bits per heavy atom. The van der Waals surface area contributed by atoms with Gasteiger partial charge in [0.15, 0.2) is 0 Å². The molecule has 1 aromatic rings. The highest BCUT2D eigenvalue weighted by molar-refractivity contribution is 9.10. The summed E-state index contributed by atoms with van der Waals surface area (Å²) in [7, 11) is 0. The molecule has 0 bridgehead atoms. The van der Waals surface area contributed by atoms with Crippen molar-refractivity contribution in [2.45, 2.75) is 19.3 Å². The van der Waals surface area contributed by atoms with Gasteiger partial charge in [0, 0.05) is 23.1 Å². The van der Waals surface area contributed by atoms with Gasteiger partial charge in [0.2, 0.25) is 0 Å². The topological polar surface area (TPSA) is 49.3 Å². The van der Waals surface area contributed by atoms with Crippen molar-refractivity contribution >= 4 is 27.6 Å². The first kappa shape index (κ1) is 13.6. The molecular formula is C13H14BrNO2. The minimum atomic E-state index is -0.927. The second-order valence-electron chi connectivity index (χ2n) is 3.58. The molecular weight excluding hydrogens is 282 g/mol. The van der Waals surface area contributed by atoms with Crippen LogP contribution in [0.15, 0.2) is 22.7 Å². The minimum Gasteiger partial charge on any atom is -0.478 e. The zero-order chi connectivity index (χ0) is 12.7. The molecule has 1 aromatic carbocycles. The number of rotatable bonds is 6.